The van der Waals surface area contributed by atoms with Gasteiger partial charge in [0.2, 0.25) is 0 Å². The monoisotopic (exact) mass is 266 g/mol. The van der Waals surface area contributed by atoms with Gasteiger partial charge in [-0.05, 0) is 41.4 Å². The first-order chi connectivity index (χ1) is 7.19. The van der Waals surface area contributed by atoms with Crippen LogP contribution in [0.25, 0.3) is 0 Å². The highest BCUT2D eigenvalue weighted by molar-refractivity contribution is 9.10. The van der Waals surface area contributed by atoms with E-state index in [0.717, 1.165) is 29.0 Å². The predicted molar refractivity (Wildman–Crippen MR) is 68.0 cm³/mol. The number of halogens is 1. The van der Waals surface area contributed by atoms with Crippen molar-refractivity contribution in [2.45, 2.75) is 20.3 Å². The molecule has 0 aromatic carbocycles. The van der Waals surface area contributed by atoms with Crippen molar-refractivity contribution in [2.24, 2.45) is 0 Å². The molecule has 0 amide bonds. The average molecular weight is 267 g/mol. The lowest BCUT2D eigenvalue weighted by molar-refractivity contribution is 0.806. The van der Waals surface area contributed by atoms with Crippen LogP contribution in [-0.2, 0) is 0 Å². The van der Waals surface area contributed by atoms with Crippen molar-refractivity contribution in [3.63, 3.8) is 0 Å². The fourth-order valence-electron chi connectivity index (χ4n) is 1.36. The third-order valence-corrected chi connectivity index (χ3v) is 2.94. The minimum absolute atomic E-state index is 0.613. The van der Waals surface area contributed by atoms with E-state index >= 15 is 0 Å². The van der Waals surface area contributed by atoms with Gasteiger partial charge in [-0.1, -0.05) is 12.8 Å². The minimum Gasteiger partial charge on any atom is -0.345 e. The number of hydrogen-bond acceptors (Lipinski definition) is 2. The van der Waals surface area contributed by atoms with Gasteiger partial charge in [-0.3, -0.25) is 0 Å². The van der Waals surface area contributed by atoms with Crippen LogP contribution in [0.4, 0.5) is 5.82 Å². The number of rotatable bonds is 4. The second kappa shape index (κ2) is 5.77. The maximum absolute atomic E-state index is 5.34. The molecule has 2 nitrogen and oxygen atoms in total. The Hall–Kier alpha value is -1.01. The van der Waals surface area contributed by atoms with Gasteiger partial charge >= 0.3 is 0 Å². The summed E-state index contributed by atoms with van der Waals surface area (Å²) in [5.41, 5.74) is 0.991. The van der Waals surface area contributed by atoms with E-state index in [-0.39, 0.29) is 0 Å². The topological polar surface area (TPSA) is 16.1 Å². The summed E-state index contributed by atoms with van der Waals surface area (Å²) >= 11 is 3.44. The quantitative estimate of drug-likeness (QED) is 0.779. The smallest absolute Gasteiger partial charge is 0.129 e. The van der Waals surface area contributed by atoms with E-state index in [9.17, 15) is 0 Å². The molecule has 3 heteroatoms. The number of aryl methyl sites for hydroxylation is 1. The molecule has 0 saturated carbocycles. The third kappa shape index (κ3) is 3.24. The van der Waals surface area contributed by atoms with E-state index in [4.69, 9.17) is 6.42 Å². The Bertz CT molecular complexity index is 368. The standard InChI is InChI=1S/C12H15BrN2/c1-4-8-15(9-5-2)12-7-6-11(13)10(3)14-12/h1,6-7H,5,8-9H2,2-3H3. The van der Waals surface area contributed by atoms with Crippen molar-refractivity contribution >= 4 is 21.7 Å². The molecule has 1 aromatic heterocycles. The van der Waals surface area contributed by atoms with Gasteiger partial charge in [0, 0.05) is 11.0 Å². The van der Waals surface area contributed by atoms with Crippen LogP contribution in [0, 0.1) is 19.3 Å². The van der Waals surface area contributed by atoms with Gasteiger partial charge in [0.1, 0.15) is 5.82 Å². The maximum atomic E-state index is 5.34. The Morgan fingerprint density at radius 3 is 2.80 bits per heavy atom. The molecule has 0 aliphatic carbocycles. The van der Waals surface area contributed by atoms with Crippen LogP contribution in [0.3, 0.4) is 0 Å². The van der Waals surface area contributed by atoms with Gasteiger partial charge in [-0.25, -0.2) is 4.98 Å². The van der Waals surface area contributed by atoms with Gasteiger partial charge in [-0.15, -0.1) is 6.42 Å². The molecule has 0 aliphatic rings. The van der Waals surface area contributed by atoms with Gasteiger partial charge in [-0.2, -0.15) is 0 Å². The van der Waals surface area contributed by atoms with Crippen molar-refractivity contribution in [3.8, 4) is 12.3 Å². The van der Waals surface area contributed by atoms with Crippen molar-refractivity contribution in [2.75, 3.05) is 18.0 Å². The van der Waals surface area contributed by atoms with Crippen LogP contribution in [0.5, 0.6) is 0 Å². The summed E-state index contributed by atoms with van der Waals surface area (Å²) in [6, 6.07) is 4.00. The van der Waals surface area contributed by atoms with E-state index in [1.54, 1.807) is 0 Å². The highest BCUT2D eigenvalue weighted by Crippen LogP contribution is 2.18. The summed E-state index contributed by atoms with van der Waals surface area (Å²) in [6.45, 7) is 5.67. The molecule has 1 heterocycles. The summed E-state index contributed by atoms with van der Waals surface area (Å²) in [5.74, 6) is 3.61. The average Bonchev–Trinajstić information content (AvgIpc) is 2.22. The van der Waals surface area contributed by atoms with Crippen LogP contribution in [0.15, 0.2) is 16.6 Å². The molecule has 1 rings (SSSR count). The number of pyridine rings is 1. The normalized spacial score (nSPS) is 9.73. The molecule has 0 spiro atoms. The molecule has 0 aliphatic heterocycles. The number of terminal acetylenes is 1. The Kier molecular flexibility index (Phi) is 4.64. The predicted octanol–water partition coefficient (Wildman–Crippen LogP) is 3.00. The lowest BCUT2D eigenvalue weighted by Crippen LogP contribution is -2.25. The van der Waals surface area contributed by atoms with E-state index in [1.165, 1.54) is 0 Å². The van der Waals surface area contributed by atoms with Crippen molar-refractivity contribution in [3.05, 3.63) is 22.3 Å². The van der Waals surface area contributed by atoms with E-state index in [2.05, 4.69) is 38.7 Å². The molecule has 0 atom stereocenters. The number of nitrogens with zero attached hydrogens (tertiary/aromatic N) is 2. The fourth-order valence-corrected chi connectivity index (χ4v) is 1.58. The number of aromatic nitrogens is 1. The summed E-state index contributed by atoms with van der Waals surface area (Å²) in [4.78, 5) is 6.60. The van der Waals surface area contributed by atoms with Crippen LogP contribution >= 0.6 is 15.9 Å². The van der Waals surface area contributed by atoms with Crippen LogP contribution in [-0.4, -0.2) is 18.1 Å². The molecule has 0 unspecified atom stereocenters. The number of hydrogen-bond donors (Lipinski definition) is 0. The Labute approximate surface area is 99.8 Å². The Balaban J connectivity index is 2.91. The first-order valence-electron chi connectivity index (χ1n) is 5.00. The van der Waals surface area contributed by atoms with Crippen molar-refractivity contribution < 1.29 is 0 Å². The molecule has 1 aromatic rings. The second-order valence-corrected chi connectivity index (χ2v) is 4.22. The van der Waals surface area contributed by atoms with Gasteiger partial charge in [0.25, 0.3) is 0 Å². The molecule has 0 radical (unpaired) electrons. The summed E-state index contributed by atoms with van der Waals surface area (Å²) in [7, 11) is 0. The van der Waals surface area contributed by atoms with Crippen LogP contribution in [0.1, 0.15) is 19.0 Å². The molecule has 0 bridgehead atoms. The lowest BCUT2D eigenvalue weighted by Gasteiger charge is -2.20. The SMILES string of the molecule is C#CCN(CCC)c1ccc(Br)c(C)n1. The Morgan fingerprint density at radius 2 is 2.27 bits per heavy atom. The number of anilines is 1. The van der Waals surface area contributed by atoms with E-state index in [1.807, 2.05) is 19.1 Å². The minimum atomic E-state index is 0.613. The molecule has 80 valence electrons. The summed E-state index contributed by atoms with van der Waals surface area (Å²) in [5, 5.41) is 0. The fraction of sp³-hybridized carbons (Fsp3) is 0.417. The van der Waals surface area contributed by atoms with Gasteiger partial charge < -0.3 is 4.90 Å². The molecule has 0 N–H and O–H groups in total. The van der Waals surface area contributed by atoms with Gasteiger partial charge in [0.05, 0.1) is 12.2 Å². The zero-order valence-corrected chi connectivity index (χ0v) is 10.7. The Morgan fingerprint density at radius 1 is 1.53 bits per heavy atom. The first-order valence-corrected chi connectivity index (χ1v) is 5.80. The first kappa shape index (κ1) is 12.1. The third-order valence-electron chi connectivity index (χ3n) is 2.11. The highest BCUT2D eigenvalue weighted by atomic mass is 79.9. The molecular weight excluding hydrogens is 252 g/mol. The zero-order chi connectivity index (χ0) is 11.3. The maximum Gasteiger partial charge on any atom is 0.129 e. The second-order valence-electron chi connectivity index (χ2n) is 3.36. The zero-order valence-electron chi connectivity index (χ0n) is 9.13. The van der Waals surface area contributed by atoms with E-state index < -0.39 is 0 Å². The van der Waals surface area contributed by atoms with Crippen molar-refractivity contribution in [1.29, 1.82) is 0 Å². The van der Waals surface area contributed by atoms with Crippen LogP contribution in [0.2, 0.25) is 0 Å². The molecule has 0 fully saturated rings. The summed E-state index contributed by atoms with van der Waals surface area (Å²) in [6.07, 6.45) is 6.40. The molecule has 0 saturated heterocycles. The lowest BCUT2D eigenvalue weighted by atomic mass is 10.3. The van der Waals surface area contributed by atoms with Crippen molar-refractivity contribution in [1.82, 2.24) is 4.98 Å². The largest absolute Gasteiger partial charge is 0.345 e. The summed E-state index contributed by atoms with van der Waals surface area (Å²) < 4.78 is 1.03. The van der Waals surface area contributed by atoms with E-state index in [0.29, 0.717) is 6.54 Å². The van der Waals surface area contributed by atoms with Gasteiger partial charge in [0.15, 0.2) is 0 Å². The van der Waals surface area contributed by atoms with Crippen LogP contribution < -0.4 is 4.90 Å². The highest BCUT2D eigenvalue weighted by Gasteiger charge is 2.06. The molecule has 15 heavy (non-hydrogen) atoms. The molecular formula is C12H15BrN2.